The zero-order chi connectivity index (χ0) is 21.7. The van der Waals surface area contributed by atoms with Crippen LogP contribution in [0.5, 0.6) is 5.75 Å². The number of para-hydroxylation sites is 1. The minimum Gasteiger partial charge on any atom is -0.405 e. The molecule has 0 radical (unpaired) electrons. The van der Waals surface area contributed by atoms with E-state index in [0.29, 0.717) is 43.5 Å². The summed E-state index contributed by atoms with van der Waals surface area (Å²) in [5.74, 6) is 1.00. The number of halogens is 3. The highest BCUT2D eigenvalue weighted by molar-refractivity contribution is 5.38. The number of ether oxygens (including phenoxy) is 2. The number of anilines is 1. The van der Waals surface area contributed by atoms with E-state index in [-0.39, 0.29) is 12.3 Å². The highest BCUT2D eigenvalue weighted by Gasteiger charge is 2.32. The molecular weight excluding hydrogens is 411 g/mol. The van der Waals surface area contributed by atoms with Gasteiger partial charge in [0.05, 0.1) is 13.2 Å². The van der Waals surface area contributed by atoms with Crippen molar-refractivity contribution in [2.24, 2.45) is 0 Å². The van der Waals surface area contributed by atoms with Gasteiger partial charge in [-0.25, -0.2) is 0 Å². The summed E-state index contributed by atoms with van der Waals surface area (Å²) in [4.78, 5) is 6.18. The molecule has 0 aliphatic carbocycles. The molecule has 0 amide bonds. The van der Waals surface area contributed by atoms with Gasteiger partial charge in [0.15, 0.2) is 0 Å². The van der Waals surface area contributed by atoms with Crippen molar-refractivity contribution in [1.82, 2.24) is 19.7 Å². The second-order valence-electron chi connectivity index (χ2n) is 7.15. The highest BCUT2D eigenvalue weighted by atomic mass is 19.4. The minimum atomic E-state index is -4.77. The Bertz CT molecular complexity index is 986. The lowest BCUT2D eigenvalue weighted by molar-refractivity contribution is -0.274. The van der Waals surface area contributed by atoms with Crippen molar-refractivity contribution in [1.29, 1.82) is 0 Å². The molecule has 7 nitrogen and oxygen atoms in total. The first-order chi connectivity index (χ1) is 15.0. The molecule has 0 bridgehead atoms. The SMILES string of the molecule is FC(F)(F)Oc1ccccc1Cn1c(Cc2cccnc2)nnc1N1CCCOCC1. The van der Waals surface area contributed by atoms with Crippen molar-refractivity contribution < 1.29 is 22.6 Å². The van der Waals surface area contributed by atoms with Crippen LogP contribution in [-0.2, 0) is 17.7 Å². The van der Waals surface area contributed by atoms with Crippen molar-refractivity contribution in [2.75, 3.05) is 31.2 Å². The molecule has 0 atom stereocenters. The molecule has 1 aromatic carbocycles. The first kappa shape index (κ1) is 21.1. The zero-order valence-electron chi connectivity index (χ0n) is 16.8. The summed E-state index contributed by atoms with van der Waals surface area (Å²) in [6.45, 7) is 2.72. The molecule has 1 fully saturated rings. The second-order valence-corrected chi connectivity index (χ2v) is 7.15. The summed E-state index contributed by atoms with van der Waals surface area (Å²) in [6.07, 6.45) is -0.0698. The average molecular weight is 433 g/mol. The fourth-order valence-corrected chi connectivity index (χ4v) is 3.51. The molecule has 3 heterocycles. The van der Waals surface area contributed by atoms with Crippen molar-refractivity contribution in [3.8, 4) is 5.75 Å². The van der Waals surface area contributed by atoms with Crippen LogP contribution in [0.4, 0.5) is 19.1 Å². The van der Waals surface area contributed by atoms with Crippen LogP contribution in [0.3, 0.4) is 0 Å². The number of benzene rings is 1. The predicted octanol–water partition coefficient (Wildman–Crippen LogP) is 3.44. The van der Waals surface area contributed by atoms with Gasteiger partial charge in [0, 0.05) is 44.1 Å². The summed E-state index contributed by atoms with van der Waals surface area (Å²) in [5, 5.41) is 8.74. The molecule has 0 saturated carbocycles. The van der Waals surface area contributed by atoms with Crippen LogP contribution in [0.25, 0.3) is 0 Å². The number of hydrogen-bond donors (Lipinski definition) is 0. The standard InChI is InChI=1S/C21H22F3N5O2/c22-21(23,24)31-18-7-2-1-6-17(18)15-29-19(13-16-5-3-8-25-14-16)26-27-20(29)28-9-4-11-30-12-10-28/h1-3,5-8,14H,4,9-13,15H2. The maximum atomic E-state index is 12.9. The van der Waals surface area contributed by atoms with Crippen molar-refractivity contribution in [3.63, 3.8) is 0 Å². The van der Waals surface area contributed by atoms with Gasteiger partial charge in [-0.3, -0.25) is 9.55 Å². The lowest BCUT2D eigenvalue weighted by Gasteiger charge is -2.22. The Morgan fingerprint density at radius 2 is 1.90 bits per heavy atom. The smallest absolute Gasteiger partial charge is 0.405 e. The number of rotatable bonds is 6. The molecule has 1 aliphatic rings. The van der Waals surface area contributed by atoms with Crippen LogP contribution in [0.1, 0.15) is 23.4 Å². The van der Waals surface area contributed by atoms with Crippen molar-refractivity contribution in [2.45, 2.75) is 25.7 Å². The van der Waals surface area contributed by atoms with Crippen LogP contribution in [0.15, 0.2) is 48.8 Å². The normalized spacial score (nSPS) is 15.0. The zero-order valence-corrected chi connectivity index (χ0v) is 16.8. The Kier molecular flexibility index (Phi) is 6.36. The van der Waals surface area contributed by atoms with Gasteiger partial charge in [-0.2, -0.15) is 0 Å². The van der Waals surface area contributed by atoms with Gasteiger partial charge in [0.25, 0.3) is 0 Å². The molecule has 31 heavy (non-hydrogen) atoms. The number of nitrogens with zero attached hydrogens (tertiary/aromatic N) is 5. The Hall–Kier alpha value is -3.14. The summed E-state index contributed by atoms with van der Waals surface area (Å²) >= 11 is 0. The molecule has 10 heteroatoms. The van der Waals surface area contributed by atoms with E-state index < -0.39 is 6.36 Å². The molecule has 0 unspecified atom stereocenters. The Balaban J connectivity index is 1.69. The van der Waals surface area contributed by atoms with E-state index in [4.69, 9.17) is 4.74 Å². The van der Waals surface area contributed by atoms with E-state index in [2.05, 4.69) is 24.8 Å². The summed E-state index contributed by atoms with van der Waals surface area (Å²) in [5.41, 5.74) is 1.32. The fraction of sp³-hybridized carbons (Fsp3) is 0.381. The van der Waals surface area contributed by atoms with E-state index in [1.807, 2.05) is 16.7 Å². The summed E-state index contributed by atoms with van der Waals surface area (Å²) in [7, 11) is 0. The molecule has 164 valence electrons. The Morgan fingerprint density at radius 1 is 1.03 bits per heavy atom. The second kappa shape index (κ2) is 9.34. The first-order valence-corrected chi connectivity index (χ1v) is 9.97. The fourth-order valence-electron chi connectivity index (χ4n) is 3.51. The molecule has 2 aromatic heterocycles. The van der Waals surface area contributed by atoms with Gasteiger partial charge in [0.1, 0.15) is 11.6 Å². The molecule has 4 rings (SSSR count). The summed E-state index contributed by atoms with van der Waals surface area (Å²) < 4.78 is 50.3. The average Bonchev–Trinajstić information content (AvgIpc) is 2.94. The number of alkyl halides is 3. The molecular formula is C21H22F3N5O2. The molecule has 0 N–H and O–H groups in total. The van der Waals surface area contributed by atoms with Gasteiger partial charge < -0.3 is 14.4 Å². The maximum Gasteiger partial charge on any atom is 0.573 e. The lowest BCUT2D eigenvalue weighted by atomic mass is 10.1. The number of hydrogen-bond acceptors (Lipinski definition) is 6. The topological polar surface area (TPSA) is 65.3 Å². The molecule has 3 aromatic rings. The third-order valence-electron chi connectivity index (χ3n) is 4.92. The molecule has 1 aliphatic heterocycles. The van der Waals surface area contributed by atoms with E-state index in [1.165, 1.54) is 12.1 Å². The maximum absolute atomic E-state index is 12.9. The predicted molar refractivity (Wildman–Crippen MR) is 107 cm³/mol. The van der Waals surface area contributed by atoms with Gasteiger partial charge in [-0.15, -0.1) is 23.4 Å². The van der Waals surface area contributed by atoms with Crippen molar-refractivity contribution >= 4 is 5.95 Å². The van der Waals surface area contributed by atoms with E-state index in [9.17, 15) is 13.2 Å². The third kappa shape index (κ3) is 5.52. The van der Waals surface area contributed by atoms with Gasteiger partial charge in [-0.1, -0.05) is 24.3 Å². The first-order valence-electron chi connectivity index (χ1n) is 9.97. The van der Waals surface area contributed by atoms with E-state index in [1.54, 1.807) is 24.5 Å². The monoisotopic (exact) mass is 433 g/mol. The van der Waals surface area contributed by atoms with Crippen LogP contribution >= 0.6 is 0 Å². The van der Waals surface area contributed by atoms with Gasteiger partial charge in [-0.05, 0) is 24.1 Å². The highest BCUT2D eigenvalue weighted by Crippen LogP contribution is 2.28. The molecule has 0 spiro atoms. The Labute approximate surface area is 177 Å². The Morgan fingerprint density at radius 3 is 2.71 bits per heavy atom. The minimum absolute atomic E-state index is 0.140. The van der Waals surface area contributed by atoms with Crippen LogP contribution in [0.2, 0.25) is 0 Å². The van der Waals surface area contributed by atoms with Crippen LogP contribution in [-0.4, -0.2) is 52.4 Å². The lowest BCUT2D eigenvalue weighted by Crippen LogP contribution is -2.29. The van der Waals surface area contributed by atoms with Crippen molar-refractivity contribution in [3.05, 3.63) is 65.7 Å². The summed E-state index contributed by atoms with van der Waals surface area (Å²) in [6, 6.07) is 9.88. The third-order valence-corrected chi connectivity index (χ3v) is 4.92. The van der Waals surface area contributed by atoms with Crippen LogP contribution in [0, 0.1) is 0 Å². The van der Waals surface area contributed by atoms with Gasteiger partial charge >= 0.3 is 6.36 Å². The van der Waals surface area contributed by atoms with E-state index in [0.717, 1.165) is 18.5 Å². The van der Waals surface area contributed by atoms with E-state index >= 15 is 0 Å². The number of pyridine rings is 1. The largest absolute Gasteiger partial charge is 0.573 e. The quantitative estimate of drug-likeness (QED) is 0.594. The molecule has 1 saturated heterocycles. The number of aromatic nitrogens is 4. The van der Waals surface area contributed by atoms with Gasteiger partial charge in [0.2, 0.25) is 5.95 Å². The van der Waals surface area contributed by atoms with Crippen LogP contribution < -0.4 is 9.64 Å².